The summed E-state index contributed by atoms with van der Waals surface area (Å²) in [5, 5.41) is 6.50. The fourth-order valence-electron chi connectivity index (χ4n) is 2.03. The molecule has 0 spiro atoms. The van der Waals surface area contributed by atoms with Crippen LogP contribution in [0, 0.1) is 0 Å². The fourth-order valence-corrected chi connectivity index (χ4v) is 2.03. The molecule has 1 fully saturated rings. The predicted octanol–water partition coefficient (Wildman–Crippen LogP) is 1.55. The van der Waals surface area contributed by atoms with Crippen molar-refractivity contribution in [3.05, 3.63) is 18.3 Å². The number of amides is 1. The van der Waals surface area contributed by atoms with Gasteiger partial charge < -0.3 is 15.5 Å². The summed E-state index contributed by atoms with van der Waals surface area (Å²) in [4.78, 5) is 17.8. The molecule has 1 aromatic rings. The summed E-state index contributed by atoms with van der Waals surface area (Å²) in [5.41, 5.74) is 0.942. The summed E-state index contributed by atoms with van der Waals surface area (Å²) in [5.74, 6) is 1.01. The van der Waals surface area contributed by atoms with Crippen molar-refractivity contribution in [2.45, 2.75) is 25.8 Å². The van der Waals surface area contributed by atoms with Gasteiger partial charge in [-0.2, -0.15) is 0 Å². The highest BCUT2D eigenvalue weighted by Gasteiger charge is 2.28. The first-order valence-electron chi connectivity index (χ1n) is 6.42. The van der Waals surface area contributed by atoms with E-state index in [0.29, 0.717) is 0 Å². The van der Waals surface area contributed by atoms with Gasteiger partial charge in [-0.3, -0.25) is 4.79 Å². The molecular weight excluding hydrogens is 228 g/mol. The van der Waals surface area contributed by atoms with E-state index in [-0.39, 0.29) is 11.9 Å². The maximum absolute atomic E-state index is 11.8. The normalized spacial score (nSPS) is 19.1. The minimum atomic E-state index is -0.101. The van der Waals surface area contributed by atoms with Gasteiger partial charge in [0.2, 0.25) is 5.91 Å². The number of carbonyl (C=O) groups is 1. The maximum Gasteiger partial charge on any atom is 0.244 e. The van der Waals surface area contributed by atoms with E-state index in [1.54, 1.807) is 11.1 Å². The standard InChI is InChI=1S/C13H20N4O/c1-3-6-14-12-9-10(4-7-15-12)16-11-5-8-17(2)13(11)18/h4,7,9,11H,3,5-6,8H2,1-2H3,(H2,14,15,16). The van der Waals surface area contributed by atoms with E-state index in [4.69, 9.17) is 0 Å². The van der Waals surface area contributed by atoms with Crippen LogP contribution in [0.1, 0.15) is 19.8 Å². The highest BCUT2D eigenvalue weighted by atomic mass is 16.2. The minimum absolute atomic E-state index is 0.101. The Morgan fingerprint density at radius 2 is 2.39 bits per heavy atom. The second kappa shape index (κ2) is 5.71. The molecule has 5 heteroatoms. The van der Waals surface area contributed by atoms with Crippen molar-refractivity contribution in [2.24, 2.45) is 0 Å². The zero-order chi connectivity index (χ0) is 13.0. The molecule has 18 heavy (non-hydrogen) atoms. The number of hydrogen-bond donors (Lipinski definition) is 2. The van der Waals surface area contributed by atoms with Gasteiger partial charge in [-0.15, -0.1) is 0 Å². The summed E-state index contributed by atoms with van der Waals surface area (Å²) >= 11 is 0. The lowest BCUT2D eigenvalue weighted by Gasteiger charge is -2.14. The quantitative estimate of drug-likeness (QED) is 0.830. The molecule has 5 nitrogen and oxygen atoms in total. The van der Waals surface area contributed by atoms with Gasteiger partial charge in [0.1, 0.15) is 11.9 Å². The molecule has 1 aromatic heterocycles. The number of nitrogens with one attached hydrogen (secondary N) is 2. The van der Waals surface area contributed by atoms with Crippen molar-refractivity contribution < 1.29 is 4.79 Å². The number of likely N-dealkylation sites (tertiary alicyclic amines) is 1. The first-order valence-corrected chi connectivity index (χ1v) is 6.42. The number of likely N-dealkylation sites (N-methyl/N-ethyl adjacent to an activating group) is 1. The third-order valence-electron chi connectivity index (χ3n) is 3.08. The van der Waals surface area contributed by atoms with Crippen LogP contribution >= 0.6 is 0 Å². The average Bonchev–Trinajstić information content (AvgIpc) is 2.69. The number of carbonyl (C=O) groups excluding carboxylic acids is 1. The number of anilines is 2. The van der Waals surface area contributed by atoms with Gasteiger partial charge >= 0.3 is 0 Å². The van der Waals surface area contributed by atoms with Crippen LogP contribution in [-0.2, 0) is 4.79 Å². The molecule has 1 aliphatic rings. The molecule has 2 rings (SSSR count). The van der Waals surface area contributed by atoms with E-state index in [9.17, 15) is 4.79 Å². The van der Waals surface area contributed by atoms with E-state index in [1.165, 1.54) is 0 Å². The van der Waals surface area contributed by atoms with Crippen molar-refractivity contribution >= 4 is 17.4 Å². The third kappa shape index (κ3) is 2.91. The molecule has 1 amide bonds. The Balaban J connectivity index is 1.99. The van der Waals surface area contributed by atoms with E-state index in [0.717, 1.165) is 37.4 Å². The molecule has 0 bridgehead atoms. The summed E-state index contributed by atoms with van der Waals surface area (Å²) in [6, 6.07) is 3.74. The van der Waals surface area contributed by atoms with E-state index in [2.05, 4.69) is 22.5 Å². The van der Waals surface area contributed by atoms with Gasteiger partial charge in [-0.1, -0.05) is 6.92 Å². The lowest BCUT2D eigenvalue weighted by atomic mass is 10.2. The first kappa shape index (κ1) is 12.7. The van der Waals surface area contributed by atoms with Crippen LogP contribution in [0.3, 0.4) is 0 Å². The van der Waals surface area contributed by atoms with Crippen LogP contribution < -0.4 is 10.6 Å². The molecule has 0 saturated carbocycles. The van der Waals surface area contributed by atoms with Gasteiger partial charge in [-0.05, 0) is 18.9 Å². The second-order valence-corrected chi connectivity index (χ2v) is 4.60. The molecule has 98 valence electrons. The van der Waals surface area contributed by atoms with Crippen LogP contribution in [0.15, 0.2) is 18.3 Å². The molecule has 1 unspecified atom stereocenters. The average molecular weight is 248 g/mol. The van der Waals surface area contributed by atoms with Crippen molar-refractivity contribution in [1.82, 2.24) is 9.88 Å². The van der Waals surface area contributed by atoms with E-state index < -0.39 is 0 Å². The molecule has 2 N–H and O–H groups in total. The van der Waals surface area contributed by atoms with Crippen LogP contribution in [0.2, 0.25) is 0 Å². The van der Waals surface area contributed by atoms with Crippen LogP contribution in [0.5, 0.6) is 0 Å². The highest BCUT2D eigenvalue weighted by Crippen LogP contribution is 2.17. The van der Waals surface area contributed by atoms with Crippen LogP contribution in [0.25, 0.3) is 0 Å². The minimum Gasteiger partial charge on any atom is -0.373 e. The molecule has 1 saturated heterocycles. The van der Waals surface area contributed by atoms with Crippen LogP contribution in [-0.4, -0.2) is 42.0 Å². The molecule has 1 aliphatic heterocycles. The lowest BCUT2D eigenvalue weighted by molar-refractivity contribution is -0.127. The molecule has 0 aliphatic carbocycles. The SMILES string of the molecule is CCCNc1cc(NC2CCN(C)C2=O)ccn1. The maximum atomic E-state index is 11.8. The van der Waals surface area contributed by atoms with Crippen molar-refractivity contribution in [3.63, 3.8) is 0 Å². The number of pyridine rings is 1. The monoisotopic (exact) mass is 248 g/mol. The fraction of sp³-hybridized carbons (Fsp3) is 0.538. The topological polar surface area (TPSA) is 57.3 Å². The zero-order valence-electron chi connectivity index (χ0n) is 10.9. The molecule has 0 radical (unpaired) electrons. The smallest absolute Gasteiger partial charge is 0.244 e. The van der Waals surface area contributed by atoms with Gasteiger partial charge in [-0.25, -0.2) is 4.98 Å². The number of nitrogens with zero attached hydrogens (tertiary/aromatic N) is 2. The summed E-state index contributed by atoms with van der Waals surface area (Å²) in [6.45, 7) is 3.84. The molecule has 0 aromatic carbocycles. The van der Waals surface area contributed by atoms with Gasteiger partial charge in [0.05, 0.1) is 0 Å². The van der Waals surface area contributed by atoms with Gasteiger partial charge in [0.25, 0.3) is 0 Å². The summed E-state index contributed by atoms with van der Waals surface area (Å²) in [6.07, 6.45) is 3.67. The molecule has 2 heterocycles. The molecule has 1 atom stereocenters. The lowest BCUT2D eigenvalue weighted by Crippen LogP contribution is -2.30. The van der Waals surface area contributed by atoms with Crippen molar-refractivity contribution in [3.8, 4) is 0 Å². The largest absolute Gasteiger partial charge is 0.373 e. The predicted molar refractivity (Wildman–Crippen MR) is 72.7 cm³/mol. The Morgan fingerprint density at radius 3 is 3.06 bits per heavy atom. The Hall–Kier alpha value is -1.78. The second-order valence-electron chi connectivity index (χ2n) is 4.60. The van der Waals surface area contributed by atoms with Gasteiger partial charge in [0, 0.05) is 38.1 Å². The Morgan fingerprint density at radius 1 is 1.56 bits per heavy atom. The first-order chi connectivity index (χ1) is 8.70. The van der Waals surface area contributed by atoms with E-state index >= 15 is 0 Å². The number of rotatable bonds is 5. The number of hydrogen-bond acceptors (Lipinski definition) is 4. The van der Waals surface area contributed by atoms with Crippen molar-refractivity contribution in [1.29, 1.82) is 0 Å². The zero-order valence-corrected chi connectivity index (χ0v) is 10.9. The molecular formula is C13H20N4O. The van der Waals surface area contributed by atoms with E-state index in [1.807, 2.05) is 19.2 Å². The Labute approximate surface area is 108 Å². The highest BCUT2D eigenvalue weighted by molar-refractivity contribution is 5.86. The van der Waals surface area contributed by atoms with Crippen molar-refractivity contribution in [2.75, 3.05) is 30.8 Å². The Bertz CT molecular complexity index is 421. The third-order valence-corrected chi connectivity index (χ3v) is 3.08. The summed E-state index contributed by atoms with van der Waals surface area (Å²) in [7, 11) is 1.84. The summed E-state index contributed by atoms with van der Waals surface area (Å²) < 4.78 is 0. The number of aromatic nitrogens is 1. The Kier molecular flexibility index (Phi) is 4.02. The van der Waals surface area contributed by atoms with Crippen LogP contribution in [0.4, 0.5) is 11.5 Å². The van der Waals surface area contributed by atoms with Gasteiger partial charge in [0.15, 0.2) is 0 Å².